The fraction of sp³-hybridized carbons (Fsp3) is 0.632. The number of likely N-dealkylation sites (tertiary alicyclic amines) is 1. The second kappa shape index (κ2) is 7.77. The van der Waals surface area contributed by atoms with E-state index in [4.69, 9.17) is 0 Å². The zero-order valence-electron chi connectivity index (χ0n) is 13.5. The lowest BCUT2D eigenvalue weighted by atomic mass is 9.85. The molecule has 1 aliphatic heterocycles. The molecule has 120 valence electrons. The summed E-state index contributed by atoms with van der Waals surface area (Å²) in [4.78, 5) is 14.6. The van der Waals surface area contributed by atoms with E-state index in [1.54, 1.807) is 0 Å². The van der Waals surface area contributed by atoms with Crippen LogP contribution in [0.15, 0.2) is 24.3 Å². The van der Waals surface area contributed by atoms with Gasteiger partial charge in [-0.3, -0.25) is 9.69 Å². The molecule has 0 atom stereocenters. The number of nitrogens with zero attached hydrogens (tertiary/aromatic N) is 1. The maximum absolute atomic E-state index is 12.0. The fourth-order valence-electron chi connectivity index (χ4n) is 3.42. The third-order valence-electron chi connectivity index (χ3n) is 5.14. The molecule has 1 amide bonds. The highest BCUT2D eigenvalue weighted by Crippen LogP contribution is 2.26. The molecule has 3 nitrogen and oxygen atoms in total. The number of carbonyl (C=O) groups excluding carboxylic acids is 1. The summed E-state index contributed by atoms with van der Waals surface area (Å²) in [5, 5.41) is 3.13. The molecule has 3 heteroatoms. The van der Waals surface area contributed by atoms with Crippen LogP contribution in [-0.4, -0.2) is 23.9 Å². The lowest BCUT2D eigenvalue weighted by molar-refractivity contribution is -0.127. The monoisotopic (exact) mass is 300 g/mol. The highest BCUT2D eigenvalue weighted by Gasteiger charge is 2.24. The molecule has 0 spiro atoms. The molecule has 1 N–H and O–H groups in total. The first-order chi connectivity index (χ1) is 10.8. The molecule has 0 unspecified atom stereocenters. The quantitative estimate of drug-likeness (QED) is 0.903. The van der Waals surface area contributed by atoms with Crippen molar-refractivity contribution in [1.82, 2.24) is 10.2 Å². The van der Waals surface area contributed by atoms with E-state index < -0.39 is 0 Å². The van der Waals surface area contributed by atoms with Crippen molar-refractivity contribution >= 4 is 5.91 Å². The number of hydrogen-bond donors (Lipinski definition) is 1. The highest BCUT2D eigenvalue weighted by molar-refractivity contribution is 5.79. The summed E-state index contributed by atoms with van der Waals surface area (Å²) >= 11 is 0. The Bertz CT molecular complexity index is 488. The van der Waals surface area contributed by atoms with Gasteiger partial charge in [-0.1, -0.05) is 43.5 Å². The molecule has 0 aromatic heterocycles. The summed E-state index contributed by atoms with van der Waals surface area (Å²) < 4.78 is 0. The summed E-state index contributed by atoms with van der Waals surface area (Å²) in [7, 11) is 0. The molecule has 22 heavy (non-hydrogen) atoms. The minimum Gasteiger partial charge on any atom is -0.352 e. The van der Waals surface area contributed by atoms with Crippen molar-refractivity contribution in [3.05, 3.63) is 35.4 Å². The van der Waals surface area contributed by atoms with Gasteiger partial charge < -0.3 is 5.32 Å². The van der Waals surface area contributed by atoms with Crippen LogP contribution in [-0.2, 0) is 17.9 Å². The number of carbonyl (C=O) groups is 1. The van der Waals surface area contributed by atoms with Gasteiger partial charge in [-0.05, 0) is 49.9 Å². The molecule has 0 bridgehead atoms. The van der Waals surface area contributed by atoms with Gasteiger partial charge in [-0.15, -0.1) is 0 Å². The van der Waals surface area contributed by atoms with E-state index in [0.717, 1.165) is 19.4 Å². The topological polar surface area (TPSA) is 32.3 Å². The molecule has 1 saturated heterocycles. The van der Waals surface area contributed by atoms with Gasteiger partial charge in [0.2, 0.25) is 5.91 Å². The molecule has 1 saturated carbocycles. The average molecular weight is 300 g/mol. The first-order valence-electron chi connectivity index (χ1n) is 8.90. The van der Waals surface area contributed by atoms with Crippen LogP contribution in [0, 0.1) is 5.92 Å². The maximum atomic E-state index is 12.0. The van der Waals surface area contributed by atoms with Crippen molar-refractivity contribution < 1.29 is 4.79 Å². The van der Waals surface area contributed by atoms with E-state index in [1.165, 1.54) is 56.3 Å². The Morgan fingerprint density at radius 2 is 1.68 bits per heavy atom. The lowest BCUT2D eigenvalue weighted by Gasteiger charge is -2.25. The number of hydrogen-bond acceptors (Lipinski definition) is 2. The fourth-order valence-corrected chi connectivity index (χ4v) is 3.42. The van der Waals surface area contributed by atoms with Crippen LogP contribution in [0.3, 0.4) is 0 Å². The molecule has 1 heterocycles. The van der Waals surface area contributed by atoms with Gasteiger partial charge >= 0.3 is 0 Å². The third-order valence-corrected chi connectivity index (χ3v) is 5.14. The smallest absolute Gasteiger partial charge is 0.223 e. The Balaban J connectivity index is 1.57. The second-order valence-corrected chi connectivity index (χ2v) is 6.80. The van der Waals surface area contributed by atoms with Gasteiger partial charge in [-0.2, -0.15) is 0 Å². The molecule has 0 radical (unpaired) electrons. The highest BCUT2D eigenvalue weighted by atomic mass is 16.1. The molecule has 3 rings (SSSR count). The van der Waals surface area contributed by atoms with Crippen LogP contribution in [0.4, 0.5) is 0 Å². The zero-order valence-corrected chi connectivity index (χ0v) is 13.5. The summed E-state index contributed by atoms with van der Waals surface area (Å²) in [6.07, 6.45) is 8.73. The van der Waals surface area contributed by atoms with Gasteiger partial charge in [0.1, 0.15) is 0 Å². The van der Waals surface area contributed by atoms with E-state index in [-0.39, 0.29) is 11.8 Å². The van der Waals surface area contributed by atoms with Crippen molar-refractivity contribution in [2.75, 3.05) is 13.1 Å². The predicted octanol–water partition coefficient (Wildman–Crippen LogP) is 3.48. The number of nitrogens with one attached hydrogen (secondary N) is 1. The summed E-state index contributed by atoms with van der Waals surface area (Å²) in [6, 6.07) is 8.57. The SMILES string of the molecule is O=C(NCc1ccccc1CN1CCCCCC1)C1CCC1. The summed E-state index contributed by atoms with van der Waals surface area (Å²) in [5.74, 6) is 0.522. The van der Waals surface area contributed by atoms with Crippen LogP contribution in [0.1, 0.15) is 56.1 Å². The van der Waals surface area contributed by atoms with Crippen LogP contribution < -0.4 is 5.32 Å². The van der Waals surface area contributed by atoms with Crippen LogP contribution >= 0.6 is 0 Å². The number of amides is 1. The van der Waals surface area contributed by atoms with E-state index in [1.807, 2.05) is 0 Å². The Hall–Kier alpha value is -1.35. The van der Waals surface area contributed by atoms with Gasteiger partial charge in [0.25, 0.3) is 0 Å². The Kier molecular flexibility index (Phi) is 5.49. The normalized spacial score (nSPS) is 20.2. The molecule has 1 aromatic carbocycles. The minimum atomic E-state index is 0.246. The standard InChI is InChI=1S/C19H28N2O/c22-19(16-10-7-11-16)20-14-17-8-3-4-9-18(17)15-21-12-5-1-2-6-13-21/h3-4,8-9,16H,1-2,5-7,10-15H2,(H,20,22). The molecule has 2 aliphatic rings. The van der Waals surface area contributed by atoms with Crippen molar-refractivity contribution in [2.24, 2.45) is 5.92 Å². The largest absolute Gasteiger partial charge is 0.352 e. The summed E-state index contributed by atoms with van der Waals surface area (Å²) in [6.45, 7) is 4.13. The van der Waals surface area contributed by atoms with Gasteiger partial charge in [0, 0.05) is 19.0 Å². The Labute approximate surface area is 134 Å². The molecular weight excluding hydrogens is 272 g/mol. The lowest BCUT2D eigenvalue weighted by Crippen LogP contribution is -2.34. The Morgan fingerprint density at radius 1 is 1.00 bits per heavy atom. The van der Waals surface area contributed by atoms with Crippen molar-refractivity contribution in [1.29, 1.82) is 0 Å². The first-order valence-corrected chi connectivity index (χ1v) is 8.90. The molecular formula is C19H28N2O. The van der Waals surface area contributed by atoms with E-state index in [2.05, 4.69) is 34.5 Å². The van der Waals surface area contributed by atoms with Crippen molar-refractivity contribution in [3.8, 4) is 0 Å². The van der Waals surface area contributed by atoms with Crippen LogP contribution in [0.2, 0.25) is 0 Å². The van der Waals surface area contributed by atoms with Crippen LogP contribution in [0.5, 0.6) is 0 Å². The number of benzene rings is 1. The van der Waals surface area contributed by atoms with E-state index in [9.17, 15) is 4.79 Å². The third kappa shape index (κ3) is 4.10. The molecule has 2 fully saturated rings. The first kappa shape index (κ1) is 15.5. The maximum Gasteiger partial charge on any atom is 0.223 e. The second-order valence-electron chi connectivity index (χ2n) is 6.80. The van der Waals surface area contributed by atoms with E-state index >= 15 is 0 Å². The minimum absolute atomic E-state index is 0.246. The van der Waals surface area contributed by atoms with Crippen molar-refractivity contribution in [2.45, 2.75) is 58.0 Å². The van der Waals surface area contributed by atoms with Gasteiger partial charge in [0.05, 0.1) is 0 Å². The van der Waals surface area contributed by atoms with Crippen molar-refractivity contribution in [3.63, 3.8) is 0 Å². The molecule has 1 aromatic rings. The zero-order chi connectivity index (χ0) is 15.2. The van der Waals surface area contributed by atoms with E-state index in [0.29, 0.717) is 6.54 Å². The van der Waals surface area contributed by atoms with Gasteiger partial charge in [-0.25, -0.2) is 0 Å². The molecule has 1 aliphatic carbocycles. The average Bonchev–Trinajstić information content (AvgIpc) is 2.73. The Morgan fingerprint density at radius 3 is 2.32 bits per heavy atom. The predicted molar refractivity (Wildman–Crippen MR) is 89.4 cm³/mol. The number of rotatable bonds is 5. The van der Waals surface area contributed by atoms with Crippen LogP contribution in [0.25, 0.3) is 0 Å². The summed E-state index contributed by atoms with van der Waals surface area (Å²) in [5.41, 5.74) is 2.65. The van der Waals surface area contributed by atoms with Gasteiger partial charge in [0.15, 0.2) is 0 Å².